The summed E-state index contributed by atoms with van der Waals surface area (Å²) in [7, 11) is -4.72. The molecule has 5 heterocycles. The largest absolute Gasteiger partial charge is 0.469 e. The molecule has 182 valence electrons. The number of hydrogen-bond donors (Lipinski definition) is 8. The number of aliphatic hydroxyl groups excluding tert-OH is 2. The average molecular weight is 499 g/mol. The molecular formula is C15H18N9O9P. The summed E-state index contributed by atoms with van der Waals surface area (Å²) < 4.78 is 21.8. The highest BCUT2D eigenvalue weighted by Crippen LogP contribution is 2.38. The lowest BCUT2D eigenvalue weighted by molar-refractivity contribution is -0.0504. The zero-order valence-electron chi connectivity index (χ0n) is 16.8. The number of hydrogen-bond acceptors (Lipinski definition) is 12. The smallest absolute Gasteiger partial charge is 0.387 e. The normalized spacial score (nSPS) is 22.7. The predicted molar refractivity (Wildman–Crippen MR) is 111 cm³/mol. The highest BCUT2D eigenvalue weighted by Gasteiger charge is 2.45. The standard InChI is InChI=1S/C10H14N5O7P.C5H4N4O2/c11-8-5-9(13-2-12-8)15(3-14-5)10-7(17)6(16)4(22-10)1-21-23(18,19)20;10-4-2-3(7-1-6-2)8-5(11)9-4/h2-4,6-7,10,16-17H,1H2,(H2,11,12,13)(H2,18,19,20);1H,(H3,6,7,8,9,10,11)/t4-,6-,7-,10-;/m1./s1. The number of anilines is 1. The molecule has 0 radical (unpaired) electrons. The van der Waals surface area contributed by atoms with Crippen LogP contribution in [0, 0.1) is 0 Å². The van der Waals surface area contributed by atoms with Gasteiger partial charge in [0.05, 0.1) is 19.3 Å². The summed E-state index contributed by atoms with van der Waals surface area (Å²) in [6.07, 6.45) is -1.15. The molecule has 0 bridgehead atoms. The fourth-order valence-corrected chi connectivity index (χ4v) is 3.53. The number of aromatic amines is 3. The van der Waals surface area contributed by atoms with Crippen LogP contribution >= 0.6 is 7.82 Å². The number of phosphoric ester groups is 1. The van der Waals surface area contributed by atoms with Crippen LogP contribution in [-0.4, -0.2) is 84.4 Å². The van der Waals surface area contributed by atoms with Gasteiger partial charge >= 0.3 is 13.5 Å². The summed E-state index contributed by atoms with van der Waals surface area (Å²) in [5, 5.41) is 20.1. The van der Waals surface area contributed by atoms with Gasteiger partial charge in [-0.1, -0.05) is 0 Å². The van der Waals surface area contributed by atoms with Crippen LogP contribution in [0.2, 0.25) is 0 Å². The molecule has 4 aromatic heterocycles. The number of nitrogen functional groups attached to an aromatic ring is 1. The number of nitrogens with zero attached hydrogens (tertiary/aromatic N) is 5. The van der Waals surface area contributed by atoms with E-state index in [9.17, 15) is 24.4 Å². The number of aliphatic hydroxyl groups is 2. The SMILES string of the molecule is Nc1ncnc2c1ncn2[C@@H]1O[C@H](COP(=O)(O)O)[C@@H](O)[C@H]1O.O=c1[nH]c(=O)c2[nH]cnc2[nH]1. The molecule has 1 fully saturated rings. The van der Waals surface area contributed by atoms with Gasteiger partial charge in [-0.2, -0.15) is 0 Å². The zero-order valence-corrected chi connectivity index (χ0v) is 17.7. The van der Waals surface area contributed by atoms with Crippen LogP contribution in [0.15, 0.2) is 28.6 Å². The number of H-pyrrole nitrogens is 3. The van der Waals surface area contributed by atoms with Gasteiger partial charge in [-0.3, -0.25) is 23.9 Å². The molecule has 0 aliphatic carbocycles. The second kappa shape index (κ2) is 9.03. The van der Waals surface area contributed by atoms with Gasteiger partial charge in [-0.05, 0) is 0 Å². The monoisotopic (exact) mass is 499 g/mol. The van der Waals surface area contributed by atoms with E-state index in [1.165, 1.54) is 23.5 Å². The Balaban J connectivity index is 0.000000207. The lowest BCUT2D eigenvalue weighted by Gasteiger charge is -2.16. The van der Waals surface area contributed by atoms with E-state index in [-0.39, 0.29) is 22.6 Å². The van der Waals surface area contributed by atoms with Crippen molar-refractivity contribution in [1.82, 2.24) is 39.5 Å². The van der Waals surface area contributed by atoms with Crippen molar-refractivity contribution in [2.24, 2.45) is 0 Å². The third-order valence-electron chi connectivity index (χ3n) is 4.73. The highest BCUT2D eigenvalue weighted by atomic mass is 31.2. The first-order chi connectivity index (χ1) is 16.0. The summed E-state index contributed by atoms with van der Waals surface area (Å²) in [5.41, 5.74) is 5.80. The number of nitrogens with two attached hydrogens (primary N) is 1. The van der Waals surface area contributed by atoms with Gasteiger partial charge in [-0.15, -0.1) is 0 Å². The molecule has 19 heteroatoms. The molecule has 0 saturated carbocycles. The Morgan fingerprint density at radius 3 is 2.65 bits per heavy atom. The Morgan fingerprint density at radius 2 is 1.91 bits per heavy atom. The van der Waals surface area contributed by atoms with Crippen molar-refractivity contribution in [1.29, 1.82) is 0 Å². The minimum atomic E-state index is -4.72. The molecule has 4 atom stereocenters. The van der Waals surface area contributed by atoms with E-state index in [0.29, 0.717) is 5.52 Å². The maximum atomic E-state index is 10.9. The van der Waals surface area contributed by atoms with E-state index in [4.69, 9.17) is 20.3 Å². The number of fused-ring (bicyclic) bond motifs is 2. The lowest BCUT2D eigenvalue weighted by atomic mass is 10.1. The zero-order chi connectivity index (χ0) is 24.6. The van der Waals surface area contributed by atoms with Gasteiger partial charge in [0.15, 0.2) is 23.3 Å². The molecule has 18 nitrogen and oxygen atoms in total. The van der Waals surface area contributed by atoms with Crippen molar-refractivity contribution >= 4 is 36.0 Å². The Hall–Kier alpha value is -3.51. The Bertz CT molecular complexity index is 1470. The number of nitrogens with one attached hydrogen (secondary N) is 3. The third kappa shape index (κ3) is 4.73. The Labute approximate surface area is 186 Å². The Kier molecular flexibility index (Phi) is 6.28. The molecular weight excluding hydrogens is 481 g/mol. The van der Waals surface area contributed by atoms with Gasteiger partial charge < -0.3 is 35.5 Å². The molecule has 1 saturated heterocycles. The second-order valence-electron chi connectivity index (χ2n) is 6.95. The van der Waals surface area contributed by atoms with Crippen molar-refractivity contribution in [3.8, 4) is 0 Å². The number of ether oxygens (including phenoxy) is 1. The number of imidazole rings is 2. The molecule has 0 aromatic carbocycles. The summed E-state index contributed by atoms with van der Waals surface area (Å²) in [4.78, 5) is 61.5. The average Bonchev–Trinajstić information content (AvgIpc) is 3.46. The number of aromatic nitrogens is 8. The van der Waals surface area contributed by atoms with Gasteiger partial charge in [0.25, 0.3) is 5.56 Å². The topological polar surface area (TPSA) is 280 Å². The van der Waals surface area contributed by atoms with Gasteiger partial charge in [-0.25, -0.2) is 29.3 Å². The molecule has 0 unspecified atom stereocenters. The Morgan fingerprint density at radius 1 is 1.15 bits per heavy atom. The van der Waals surface area contributed by atoms with Crippen molar-refractivity contribution < 1.29 is 33.8 Å². The summed E-state index contributed by atoms with van der Waals surface area (Å²) >= 11 is 0. The molecule has 4 aromatic rings. The van der Waals surface area contributed by atoms with Crippen LogP contribution in [0.4, 0.5) is 5.82 Å². The van der Waals surface area contributed by atoms with Crippen LogP contribution in [0.5, 0.6) is 0 Å². The van der Waals surface area contributed by atoms with Crippen molar-refractivity contribution in [3.63, 3.8) is 0 Å². The van der Waals surface area contributed by atoms with Crippen LogP contribution in [0.3, 0.4) is 0 Å². The third-order valence-corrected chi connectivity index (χ3v) is 5.22. The molecule has 5 rings (SSSR count). The first kappa shape index (κ1) is 23.6. The second-order valence-corrected chi connectivity index (χ2v) is 8.19. The minimum Gasteiger partial charge on any atom is -0.387 e. The summed E-state index contributed by atoms with van der Waals surface area (Å²) in [6, 6.07) is 0. The predicted octanol–water partition coefficient (Wildman–Crippen LogP) is -2.92. The van der Waals surface area contributed by atoms with E-state index in [1.807, 2.05) is 0 Å². The minimum absolute atomic E-state index is 0.142. The molecule has 9 N–H and O–H groups in total. The van der Waals surface area contributed by atoms with Gasteiger partial charge in [0.2, 0.25) is 0 Å². The van der Waals surface area contributed by atoms with Crippen molar-refractivity contribution in [3.05, 3.63) is 39.8 Å². The van der Waals surface area contributed by atoms with Crippen molar-refractivity contribution in [2.45, 2.75) is 24.5 Å². The van der Waals surface area contributed by atoms with E-state index < -0.39 is 50.2 Å². The van der Waals surface area contributed by atoms with Gasteiger partial charge in [0.1, 0.15) is 35.7 Å². The van der Waals surface area contributed by atoms with E-state index in [1.54, 1.807) is 0 Å². The van der Waals surface area contributed by atoms with Crippen LogP contribution in [0.1, 0.15) is 6.23 Å². The number of rotatable bonds is 4. The quantitative estimate of drug-likeness (QED) is 0.131. The molecule has 34 heavy (non-hydrogen) atoms. The maximum absolute atomic E-state index is 10.9. The highest BCUT2D eigenvalue weighted by molar-refractivity contribution is 7.46. The summed E-state index contributed by atoms with van der Waals surface area (Å²) in [5.74, 6) is 0.142. The van der Waals surface area contributed by atoms with Crippen LogP contribution < -0.4 is 17.0 Å². The van der Waals surface area contributed by atoms with E-state index in [0.717, 1.165) is 0 Å². The first-order valence-corrected chi connectivity index (χ1v) is 10.9. The van der Waals surface area contributed by atoms with Crippen LogP contribution in [-0.2, 0) is 13.8 Å². The number of phosphoric acid groups is 1. The first-order valence-electron chi connectivity index (χ1n) is 9.35. The fraction of sp³-hybridized carbons (Fsp3) is 0.333. The van der Waals surface area contributed by atoms with Gasteiger partial charge in [0, 0.05) is 0 Å². The molecule has 1 aliphatic heterocycles. The summed E-state index contributed by atoms with van der Waals surface area (Å²) in [6.45, 7) is -0.594. The maximum Gasteiger partial charge on any atom is 0.469 e. The molecule has 1 aliphatic rings. The van der Waals surface area contributed by atoms with E-state index in [2.05, 4.69) is 39.4 Å². The lowest BCUT2D eigenvalue weighted by Crippen LogP contribution is -2.33. The fourth-order valence-electron chi connectivity index (χ4n) is 3.19. The van der Waals surface area contributed by atoms with E-state index >= 15 is 0 Å². The van der Waals surface area contributed by atoms with Crippen LogP contribution in [0.25, 0.3) is 22.3 Å². The molecule has 0 amide bonds. The molecule has 0 spiro atoms. The van der Waals surface area contributed by atoms with Crippen molar-refractivity contribution in [2.75, 3.05) is 12.3 Å².